The summed E-state index contributed by atoms with van der Waals surface area (Å²) in [5.74, 6) is -5.13. The van der Waals surface area contributed by atoms with Crippen molar-refractivity contribution in [1.29, 1.82) is 0 Å². The van der Waals surface area contributed by atoms with E-state index < -0.39 is 66.1 Å². The second-order valence-corrected chi connectivity index (χ2v) is 9.44. The van der Waals surface area contributed by atoms with Gasteiger partial charge in [-0.15, -0.1) is 0 Å². The number of hydrogen-bond donors (Lipinski definition) is 8. The minimum absolute atomic E-state index is 0.0262. The molecule has 11 N–H and O–H groups in total. The zero-order valence-corrected chi connectivity index (χ0v) is 21.7. The van der Waals surface area contributed by atoms with Crippen molar-refractivity contribution in [3.05, 3.63) is 29.8 Å². The molecule has 0 aliphatic rings. The van der Waals surface area contributed by atoms with Gasteiger partial charge in [0.2, 0.25) is 29.5 Å². The van der Waals surface area contributed by atoms with Gasteiger partial charge in [0.25, 0.3) is 0 Å². The summed E-state index contributed by atoms with van der Waals surface area (Å²) in [6, 6.07) is 0.366. The third-order valence-corrected chi connectivity index (χ3v) is 5.96. The van der Waals surface area contributed by atoms with Gasteiger partial charge in [0.15, 0.2) is 0 Å². The van der Waals surface area contributed by atoms with Gasteiger partial charge in [-0.25, -0.2) is 4.79 Å². The maximum absolute atomic E-state index is 13.0. The number of aliphatic carboxylic acids is 1. The predicted octanol–water partition coefficient (Wildman–Crippen LogP) is -2.30. The molecule has 0 aliphatic heterocycles. The van der Waals surface area contributed by atoms with Crippen LogP contribution in [0.5, 0.6) is 5.75 Å². The van der Waals surface area contributed by atoms with Gasteiger partial charge in [-0.2, -0.15) is 11.8 Å². The van der Waals surface area contributed by atoms with Crippen molar-refractivity contribution in [3.63, 3.8) is 0 Å². The molecule has 0 fully saturated rings. The quantitative estimate of drug-likeness (QED) is 0.102. The van der Waals surface area contributed by atoms with Crippen molar-refractivity contribution in [2.24, 2.45) is 17.2 Å². The molecular weight excluding hydrogens is 520 g/mol. The number of hydrogen-bond acceptors (Lipinski definition) is 9. The Kier molecular flexibility index (Phi) is 13.6. The Labute approximate surface area is 223 Å². The van der Waals surface area contributed by atoms with Crippen LogP contribution in [-0.4, -0.2) is 81.9 Å². The number of carbonyl (C=O) groups excluding carboxylic acids is 5. The number of carbonyl (C=O) groups is 6. The summed E-state index contributed by atoms with van der Waals surface area (Å²) < 4.78 is 0. The maximum atomic E-state index is 13.0. The van der Waals surface area contributed by atoms with Crippen LogP contribution in [0.15, 0.2) is 24.3 Å². The summed E-state index contributed by atoms with van der Waals surface area (Å²) >= 11 is 1.46. The molecule has 38 heavy (non-hydrogen) atoms. The number of nitrogens with one attached hydrogen (secondary N) is 3. The van der Waals surface area contributed by atoms with Gasteiger partial charge in [0.05, 0.1) is 12.5 Å². The third-order valence-electron chi connectivity index (χ3n) is 5.31. The lowest BCUT2D eigenvalue weighted by atomic mass is 10.0. The minimum Gasteiger partial charge on any atom is -0.508 e. The molecule has 0 saturated carbocycles. The van der Waals surface area contributed by atoms with Crippen molar-refractivity contribution in [2.45, 2.75) is 56.3 Å². The number of rotatable bonds is 17. The molecule has 5 amide bonds. The van der Waals surface area contributed by atoms with Crippen molar-refractivity contribution in [2.75, 3.05) is 12.0 Å². The van der Waals surface area contributed by atoms with Crippen LogP contribution >= 0.6 is 11.8 Å². The number of amides is 5. The number of nitrogens with two attached hydrogens (primary N) is 3. The zero-order chi connectivity index (χ0) is 28.8. The molecule has 14 nitrogen and oxygen atoms in total. The van der Waals surface area contributed by atoms with E-state index in [9.17, 15) is 39.0 Å². The van der Waals surface area contributed by atoms with Crippen LogP contribution in [0.25, 0.3) is 0 Å². The Morgan fingerprint density at radius 3 is 1.92 bits per heavy atom. The maximum Gasteiger partial charge on any atom is 0.326 e. The fourth-order valence-electron chi connectivity index (χ4n) is 3.23. The van der Waals surface area contributed by atoms with E-state index in [1.54, 1.807) is 0 Å². The van der Waals surface area contributed by atoms with E-state index in [1.807, 2.05) is 6.26 Å². The number of phenols is 1. The van der Waals surface area contributed by atoms with Gasteiger partial charge in [-0.3, -0.25) is 24.0 Å². The fourth-order valence-corrected chi connectivity index (χ4v) is 3.72. The van der Waals surface area contributed by atoms with E-state index in [4.69, 9.17) is 17.2 Å². The van der Waals surface area contributed by atoms with Crippen LogP contribution in [-0.2, 0) is 35.2 Å². The van der Waals surface area contributed by atoms with Crippen LogP contribution in [0.4, 0.5) is 0 Å². The SMILES string of the molecule is CSCCC(N)C(=O)NC(CC(N)=O)C(=O)NC(CCC(N)=O)C(=O)NC(Cc1ccc(O)cc1)C(=O)O. The molecule has 1 aromatic carbocycles. The third kappa shape index (κ3) is 11.9. The van der Waals surface area contributed by atoms with E-state index in [2.05, 4.69) is 16.0 Å². The van der Waals surface area contributed by atoms with E-state index >= 15 is 0 Å². The number of thioether (sulfide) groups is 1. The van der Waals surface area contributed by atoms with Crippen LogP contribution in [0.1, 0.15) is 31.2 Å². The number of primary amides is 2. The summed E-state index contributed by atoms with van der Waals surface area (Å²) in [6.07, 6.45) is 0.759. The molecule has 0 bridgehead atoms. The Hall–Kier alpha value is -3.85. The first-order valence-electron chi connectivity index (χ1n) is 11.6. The number of carboxylic acids is 1. The highest BCUT2D eigenvalue weighted by atomic mass is 32.2. The summed E-state index contributed by atoms with van der Waals surface area (Å²) in [4.78, 5) is 72.9. The standard InChI is InChI=1S/C23H34N6O8S/c1-38-9-8-14(24)20(33)28-16(11-19(26)32)22(35)27-15(6-7-18(25)31)21(34)29-17(23(36)37)10-12-2-4-13(30)5-3-12/h2-5,14-17,30H,6-11,24H2,1H3,(H2,25,31)(H2,26,32)(H,27,35)(H,28,33)(H,29,34)(H,36,37). The topological polar surface area (TPSA) is 257 Å². The normalized spacial score (nSPS) is 13.8. The highest BCUT2D eigenvalue weighted by Crippen LogP contribution is 2.12. The van der Waals surface area contributed by atoms with Crippen LogP contribution in [0.2, 0.25) is 0 Å². The van der Waals surface area contributed by atoms with Gasteiger partial charge >= 0.3 is 5.97 Å². The molecule has 0 aliphatic carbocycles. The molecule has 4 unspecified atom stereocenters. The molecule has 4 atom stereocenters. The van der Waals surface area contributed by atoms with E-state index in [-0.39, 0.29) is 25.0 Å². The zero-order valence-electron chi connectivity index (χ0n) is 20.8. The summed E-state index contributed by atoms with van der Waals surface area (Å²) in [6.45, 7) is 0. The molecule has 0 aromatic heterocycles. The van der Waals surface area contributed by atoms with Crippen molar-refractivity contribution >= 4 is 47.3 Å². The van der Waals surface area contributed by atoms with Crippen LogP contribution in [0.3, 0.4) is 0 Å². The molecule has 1 aromatic rings. The summed E-state index contributed by atoms with van der Waals surface area (Å²) in [5.41, 5.74) is 16.7. The molecule has 0 spiro atoms. The lowest BCUT2D eigenvalue weighted by molar-refractivity contribution is -0.142. The fraction of sp³-hybridized carbons (Fsp3) is 0.478. The number of benzene rings is 1. The van der Waals surface area contributed by atoms with Gasteiger partial charge in [-0.1, -0.05) is 12.1 Å². The van der Waals surface area contributed by atoms with Crippen LogP contribution in [0, 0.1) is 0 Å². The average Bonchev–Trinajstić information content (AvgIpc) is 2.84. The van der Waals surface area contributed by atoms with Gasteiger partial charge in [0.1, 0.15) is 23.9 Å². The molecule has 1 rings (SSSR count). The highest BCUT2D eigenvalue weighted by molar-refractivity contribution is 7.98. The summed E-state index contributed by atoms with van der Waals surface area (Å²) in [5, 5.41) is 26.0. The highest BCUT2D eigenvalue weighted by Gasteiger charge is 2.31. The van der Waals surface area contributed by atoms with E-state index in [0.29, 0.717) is 17.7 Å². The predicted molar refractivity (Wildman–Crippen MR) is 138 cm³/mol. The first kappa shape index (κ1) is 32.2. The van der Waals surface area contributed by atoms with Crippen molar-refractivity contribution < 1.29 is 39.0 Å². The molecular formula is C23H34N6O8S. The summed E-state index contributed by atoms with van der Waals surface area (Å²) in [7, 11) is 0. The van der Waals surface area contributed by atoms with Crippen LogP contribution < -0.4 is 33.2 Å². The molecule has 15 heteroatoms. The number of aromatic hydroxyl groups is 1. The first-order valence-corrected chi connectivity index (χ1v) is 13.0. The molecule has 0 heterocycles. The van der Waals surface area contributed by atoms with Crippen molar-refractivity contribution in [1.82, 2.24) is 16.0 Å². The Morgan fingerprint density at radius 1 is 0.842 bits per heavy atom. The molecule has 210 valence electrons. The largest absolute Gasteiger partial charge is 0.508 e. The lowest BCUT2D eigenvalue weighted by Crippen LogP contribution is -2.58. The second kappa shape index (κ2) is 16.1. The van der Waals surface area contributed by atoms with E-state index in [1.165, 1.54) is 36.0 Å². The molecule has 0 radical (unpaired) electrons. The monoisotopic (exact) mass is 554 g/mol. The minimum atomic E-state index is -1.48. The van der Waals surface area contributed by atoms with Gasteiger partial charge in [0, 0.05) is 12.8 Å². The molecule has 0 saturated heterocycles. The number of carboxylic acid groups (broad SMARTS) is 1. The second-order valence-electron chi connectivity index (χ2n) is 8.46. The van der Waals surface area contributed by atoms with Gasteiger partial charge < -0.3 is 43.4 Å². The Morgan fingerprint density at radius 2 is 1.39 bits per heavy atom. The Bertz CT molecular complexity index is 1010. The number of phenolic OH excluding ortho intramolecular Hbond substituents is 1. The Balaban J connectivity index is 3.04. The van der Waals surface area contributed by atoms with Crippen molar-refractivity contribution in [3.8, 4) is 5.75 Å². The smallest absolute Gasteiger partial charge is 0.326 e. The average molecular weight is 555 g/mol. The first-order chi connectivity index (χ1) is 17.8. The van der Waals surface area contributed by atoms with Gasteiger partial charge in [-0.05, 0) is 42.5 Å². The van der Waals surface area contributed by atoms with E-state index in [0.717, 1.165) is 0 Å². The lowest BCUT2D eigenvalue weighted by Gasteiger charge is -2.24.